The van der Waals surface area contributed by atoms with E-state index in [2.05, 4.69) is 58.9 Å². The Balaban J connectivity index is 2.57. The van der Waals surface area contributed by atoms with Gasteiger partial charge >= 0.3 is 0 Å². The molecule has 0 saturated heterocycles. The van der Waals surface area contributed by atoms with Gasteiger partial charge in [-0.05, 0) is 50.7 Å². The number of benzene rings is 1. The first kappa shape index (κ1) is 15.4. The molecule has 4 nitrogen and oxygen atoms in total. The number of thiocarbonyl (C=S) groups is 1. The van der Waals surface area contributed by atoms with Crippen molar-refractivity contribution in [3.8, 4) is 0 Å². The average molecular weight is 278 g/mol. The summed E-state index contributed by atoms with van der Waals surface area (Å²) in [7, 11) is 0. The van der Waals surface area contributed by atoms with Gasteiger partial charge in [0.1, 0.15) is 0 Å². The summed E-state index contributed by atoms with van der Waals surface area (Å²) in [5, 5.41) is 7.59. The third-order valence-electron chi connectivity index (χ3n) is 2.74. The van der Waals surface area contributed by atoms with Crippen molar-refractivity contribution in [3.05, 3.63) is 29.8 Å². The molecule has 0 saturated carbocycles. The Morgan fingerprint density at radius 3 is 2.37 bits per heavy atom. The summed E-state index contributed by atoms with van der Waals surface area (Å²) in [6.45, 7) is 9.13. The maximum absolute atomic E-state index is 5.01. The molecule has 0 aliphatic heterocycles. The van der Waals surface area contributed by atoms with Crippen LogP contribution >= 0.6 is 12.2 Å². The summed E-state index contributed by atoms with van der Waals surface area (Å²) >= 11 is 5.01. The second-order valence-electron chi connectivity index (χ2n) is 3.99. The molecule has 0 bridgehead atoms. The number of anilines is 1. The summed E-state index contributed by atoms with van der Waals surface area (Å²) in [6.07, 6.45) is 1.76. The number of rotatable bonds is 6. The van der Waals surface area contributed by atoms with E-state index >= 15 is 0 Å². The monoisotopic (exact) mass is 278 g/mol. The Labute approximate surface area is 120 Å². The first-order valence-electron chi connectivity index (χ1n) is 6.63. The second kappa shape index (κ2) is 8.48. The number of hydrogen-bond acceptors (Lipinski definition) is 3. The van der Waals surface area contributed by atoms with Gasteiger partial charge in [-0.3, -0.25) is 5.43 Å². The van der Waals surface area contributed by atoms with Crippen LogP contribution in [0.15, 0.2) is 29.4 Å². The van der Waals surface area contributed by atoms with Crippen LogP contribution in [0.5, 0.6) is 0 Å². The molecule has 0 spiro atoms. The fourth-order valence-electron chi connectivity index (χ4n) is 1.73. The van der Waals surface area contributed by atoms with Crippen molar-refractivity contribution < 1.29 is 0 Å². The lowest BCUT2D eigenvalue weighted by Gasteiger charge is -2.20. The average Bonchev–Trinajstić information content (AvgIpc) is 2.42. The van der Waals surface area contributed by atoms with Crippen LogP contribution < -0.4 is 15.6 Å². The van der Waals surface area contributed by atoms with Crippen LogP contribution in [0.4, 0.5) is 5.69 Å². The third-order valence-corrected chi connectivity index (χ3v) is 2.97. The molecule has 1 aromatic rings. The Bertz CT molecular complexity index is 410. The molecule has 2 N–H and O–H groups in total. The highest BCUT2D eigenvalue weighted by atomic mass is 32.1. The largest absolute Gasteiger partial charge is 0.372 e. The molecule has 0 atom stereocenters. The second-order valence-corrected chi connectivity index (χ2v) is 4.40. The SMILES string of the molecule is CCNC(=S)N/N=C/c1ccc(N(CC)CC)cc1. The quantitative estimate of drug-likeness (QED) is 0.476. The van der Waals surface area contributed by atoms with Crippen LogP contribution in [0, 0.1) is 0 Å². The predicted octanol–water partition coefficient (Wildman–Crippen LogP) is 2.35. The molecule has 1 aromatic carbocycles. The zero-order valence-corrected chi connectivity index (χ0v) is 12.6. The lowest BCUT2D eigenvalue weighted by molar-refractivity contribution is 0.866. The van der Waals surface area contributed by atoms with E-state index in [4.69, 9.17) is 12.2 Å². The molecule has 5 heteroatoms. The highest BCUT2D eigenvalue weighted by Gasteiger charge is 2.00. The molecule has 0 heterocycles. The highest BCUT2D eigenvalue weighted by Crippen LogP contribution is 2.13. The van der Waals surface area contributed by atoms with Crippen molar-refractivity contribution in [2.24, 2.45) is 5.10 Å². The molecule has 19 heavy (non-hydrogen) atoms. The van der Waals surface area contributed by atoms with Crippen molar-refractivity contribution in [1.29, 1.82) is 0 Å². The Kier molecular flexibility index (Phi) is 6.89. The van der Waals surface area contributed by atoms with Gasteiger partial charge in [-0.25, -0.2) is 0 Å². The zero-order valence-electron chi connectivity index (χ0n) is 11.8. The van der Waals surface area contributed by atoms with E-state index in [-0.39, 0.29) is 0 Å². The van der Waals surface area contributed by atoms with E-state index in [9.17, 15) is 0 Å². The highest BCUT2D eigenvalue weighted by molar-refractivity contribution is 7.80. The van der Waals surface area contributed by atoms with Crippen molar-refractivity contribution in [2.75, 3.05) is 24.5 Å². The maximum Gasteiger partial charge on any atom is 0.186 e. The van der Waals surface area contributed by atoms with E-state index in [0.717, 1.165) is 25.2 Å². The van der Waals surface area contributed by atoms with Gasteiger partial charge < -0.3 is 10.2 Å². The van der Waals surface area contributed by atoms with Crippen molar-refractivity contribution in [2.45, 2.75) is 20.8 Å². The Hall–Kier alpha value is -1.62. The molecule has 0 amide bonds. The molecule has 1 rings (SSSR count). The lowest BCUT2D eigenvalue weighted by atomic mass is 10.2. The van der Waals surface area contributed by atoms with Crippen LogP contribution in [-0.4, -0.2) is 31.0 Å². The summed E-state index contributed by atoms with van der Waals surface area (Å²) in [6, 6.07) is 8.32. The zero-order chi connectivity index (χ0) is 14.1. The number of nitrogens with one attached hydrogen (secondary N) is 2. The van der Waals surface area contributed by atoms with Crippen molar-refractivity contribution in [3.63, 3.8) is 0 Å². The van der Waals surface area contributed by atoms with Gasteiger partial charge in [0.05, 0.1) is 6.21 Å². The molecule has 0 unspecified atom stereocenters. The first-order valence-corrected chi connectivity index (χ1v) is 7.04. The van der Waals surface area contributed by atoms with Crippen molar-refractivity contribution >= 4 is 29.2 Å². The van der Waals surface area contributed by atoms with Gasteiger partial charge in [0.25, 0.3) is 0 Å². The molecule has 0 aliphatic carbocycles. The van der Waals surface area contributed by atoms with Gasteiger partial charge in [0.2, 0.25) is 0 Å². The van der Waals surface area contributed by atoms with Gasteiger partial charge in [-0.1, -0.05) is 12.1 Å². The van der Waals surface area contributed by atoms with Gasteiger partial charge in [-0.2, -0.15) is 5.10 Å². The molecule has 0 fully saturated rings. The van der Waals surface area contributed by atoms with Crippen LogP contribution in [0.2, 0.25) is 0 Å². The van der Waals surface area contributed by atoms with E-state index in [1.165, 1.54) is 5.69 Å². The minimum absolute atomic E-state index is 0.540. The fourth-order valence-corrected chi connectivity index (χ4v) is 1.92. The first-order chi connectivity index (χ1) is 9.21. The van der Waals surface area contributed by atoms with Crippen LogP contribution in [-0.2, 0) is 0 Å². The molecule has 0 aromatic heterocycles. The molecular formula is C14H22N4S. The summed E-state index contributed by atoms with van der Waals surface area (Å²) < 4.78 is 0. The van der Waals surface area contributed by atoms with Crippen molar-refractivity contribution in [1.82, 2.24) is 10.7 Å². The fraction of sp³-hybridized carbons (Fsp3) is 0.429. The number of hydrazone groups is 1. The number of nitrogens with zero attached hydrogens (tertiary/aromatic N) is 2. The van der Waals surface area contributed by atoms with E-state index in [0.29, 0.717) is 5.11 Å². The lowest BCUT2D eigenvalue weighted by Crippen LogP contribution is -2.31. The molecular weight excluding hydrogens is 256 g/mol. The van der Waals surface area contributed by atoms with Crippen LogP contribution in [0.25, 0.3) is 0 Å². The predicted molar refractivity (Wildman–Crippen MR) is 87.0 cm³/mol. The minimum Gasteiger partial charge on any atom is -0.372 e. The molecule has 104 valence electrons. The number of hydrogen-bond donors (Lipinski definition) is 2. The molecule has 0 aliphatic rings. The van der Waals surface area contributed by atoms with E-state index in [1.54, 1.807) is 6.21 Å². The van der Waals surface area contributed by atoms with E-state index in [1.807, 2.05) is 6.92 Å². The summed E-state index contributed by atoms with van der Waals surface area (Å²) in [4.78, 5) is 2.31. The summed E-state index contributed by atoms with van der Waals surface area (Å²) in [5.41, 5.74) is 5.05. The maximum atomic E-state index is 5.01. The topological polar surface area (TPSA) is 39.7 Å². The van der Waals surface area contributed by atoms with E-state index < -0.39 is 0 Å². The van der Waals surface area contributed by atoms with Gasteiger partial charge in [0.15, 0.2) is 5.11 Å². The summed E-state index contributed by atoms with van der Waals surface area (Å²) in [5.74, 6) is 0. The van der Waals surface area contributed by atoms with Crippen LogP contribution in [0.1, 0.15) is 26.3 Å². The Morgan fingerprint density at radius 1 is 1.21 bits per heavy atom. The standard InChI is InChI=1S/C14H22N4S/c1-4-15-14(19)17-16-11-12-7-9-13(10-8-12)18(5-2)6-3/h7-11H,4-6H2,1-3H3,(H2,15,17,19)/b16-11+. The minimum atomic E-state index is 0.540. The smallest absolute Gasteiger partial charge is 0.186 e. The van der Waals surface area contributed by atoms with Gasteiger partial charge in [0, 0.05) is 25.3 Å². The third kappa shape index (κ3) is 5.26. The molecule has 0 radical (unpaired) electrons. The van der Waals surface area contributed by atoms with Crippen LogP contribution in [0.3, 0.4) is 0 Å². The Morgan fingerprint density at radius 2 is 1.84 bits per heavy atom. The van der Waals surface area contributed by atoms with Gasteiger partial charge in [-0.15, -0.1) is 0 Å². The normalized spacial score (nSPS) is 10.5.